The summed E-state index contributed by atoms with van der Waals surface area (Å²) in [7, 11) is 0. The molecule has 2 nitrogen and oxygen atoms in total. The predicted molar refractivity (Wildman–Crippen MR) is 54.4 cm³/mol. The lowest BCUT2D eigenvalue weighted by Crippen LogP contribution is -2.29. The van der Waals surface area contributed by atoms with Gasteiger partial charge in [0.05, 0.1) is 0 Å². The molecular weight excluding hydrogens is 148 g/mol. The van der Waals surface area contributed by atoms with Crippen LogP contribution in [0.1, 0.15) is 34.6 Å². The molecule has 0 amide bonds. The van der Waals surface area contributed by atoms with Crippen LogP contribution in [-0.2, 0) is 0 Å². The monoisotopic (exact) mass is 168 g/mol. The number of hydrogen-bond acceptors (Lipinski definition) is 2. The zero-order valence-electron chi connectivity index (χ0n) is 8.81. The molecule has 0 unspecified atom stereocenters. The highest BCUT2D eigenvalue weighted by molar-refractivity contribution is 5.29. The van der Waals surface area contributed by atoms with Crippen molar-refractivity contribution in [2.24, 2.45) is 5.84 Å². The molecule has 0 heterocycles. The summed E-state index contributed by atoms with van der Waals surface area (Å²) >= 11 is 0. The Morgan fingerprint density at radius 2 is 1.83 bits per heavy atom. The van der Waals surface area contributed by atoms with Crippen molar-refractivity contribution >= 4 is 0 Å². The van der Waals surface area contributed by atoms with Gasteiger partial charge < -0.3 is 5.01 Å². The van der Waals surface area contributed by atoms with E-state index in [0.29, 0.717) is 0 Å². The lowest BCUT2D eigenvalue weighted by molar-refractivity contribution is 0.377. The van der Waals surface area contributed by atoms with E-state index >= 15 is 0 Å². The second-order valence-electron chi connectivity index (χ2n) is 2.97. The van der Waals surface area contributed by atoms with Crippen LogP contribution in [0.25, 0.3) is 0 Å². The standard InChI is InChI=1S/C10H20N2/c1-6-8(3)9(4)10(5)12(11)7-2/h6H,7,11H2,1-5H3/b8-6-,10-9-. The number of hydrazine groups is 1. The van der Waals surface area contributed by atoms with E-state index in [-0.39, 0.29) is 0 Å². The van der Waals surface area contributed by atoms with Crippen molar-refractivity contribution in [2.45, 2.75) is 34.6 Å². The second kappa shape index (κ2) is 4.99. The maximum Gasteiger partial charge on any atom is 0.0310 e. The van der Waals surface area contributed by atoms with E-state index in [4.69, 9.17) is 5.84 Å². The maximum atomic E-state index is 5.76. The van der Waals surface area contributed by atoms with Crippen LogP contribution >= 0.6 is 0 Å². The lowest BCUT2D eigenvalue weighted by atomic mass is 10.1. The molecule has 0 aliphatic carbocycles. The number of hydrogen-bond donors (Lipinski definition) is 1. The van der Waals surface area contributed by atoms with Gasteiger partial charge >= 0.3 is 0 Å². The topological polar surface area (TPSA) is 29.3 Å². The van der Waals surface area contributed by atoms with E-state index in [1.54, 1.807) is 5.01 Å². The fraction of sp³-hybridized carbons (Fsp3) is 0.600. The summed E-state index contributed by atoms with van der Waals surface area (Å²) in [6, 6.07) is 0. The Morgan fingerprint density at radius 3 is 2.17 bits per heavy atom. The molecule has 0 aromatic heterocycles. The smallest absolute Gasteiger partial charge is 0.0310 e. The van der Waals surface area contributed by atoms with Gasteiger partial charge in [-0.25, -0.2) is 5.84 Å². The highest BCUT2D eigenvalue weighted by atomic mass is 15.4. The summed E-state index contributed by atoms with van der Waals surface area (Å²) in [6.07, 6.45) is 2.10. The van der Waals surface area contributed by atoms with Crippen LogP contribution in [0.15, 0.2) is 22.9 Å². The van der Waals surface area contributed by atoms with Gasteiger partial charge in [-0.3, -0.25) is 0 Å². The zero-order valence-corrected chi connectivity index (χ0v) is 8.81. The van der Waals surface area contributed by atoms with Crippen molar-refractivity contribution in [3.05, 3.63) is 22.9 Å². The normalized spacial score (nSPS) is 14.3. The first-order valence-electron chi connectivity index (χ1n) is 4.37. The van der Waals surface area contributed by atoms with E-state index in [1.165, 1.54) is 11.1 Å². The lowest BCUT2D eigenvalue weighted by Gasteiger charge is -2.19. The molecule has 0 aromatic carbocycles. The molecular formula is C10H20N2. The summed E-state index contributed by atoms with van der Waals surface area (Å²) in [5.41, 5.74) is 3.70. The van der Waals surface area contributed by atoms with E-state index in [0.717, 1.165) is 12.2 Å². The summed E-state index contributed by atoms with van der Waals surface area (Å²) in [5, 5.41) is 1.77. The molecule has 0 rings (SSSR count). The van der Waals surface area contributed by atoms with E-state index in [2.05, 4.69) is 19.9 Å². The van der Waals surface area contributed by atoms with E-state index < -0.39 is 0 Å². The van der Waals surface area contributed by atoms with Crippen LogP contribution in [-0.4, -0.2) is 11.6 Å². The van der Waals surface area contributed by atoms with Crippen LogP contribution < -0.4 is 5.84 Å². The largest absolute Gasteiger partial charge is 0.315 e. The van der Waals surface area contributed by atoms with Crippen molar-refractivity contribution in [1.82, 2.24) is 5.01 Å². The summed E-state index contributed by atoms with van der Waals surface area (Å²) < 4.78 is 0. The van der Waals surface area contributed by atoms with E-state index in [9.17, 15) is 0 Å². The van der Waals surface area contributed by atoms with Crippen LogP contribution in [0.2, 0.25) is 0 Å². The molecule has 0 aliphatic rings. The van der Waals surface area contributed by atoms with Crippen molar-refractivity contribution in [2.75, 3.05) is 6.54 Å². The Hall–Kier alpha value is -0.760. The molecule has 2 heteroatoms. The van der Waals surface area contributed by atoms with E-state index in [1.807, 2.05) is 20.8 Å². The SMILES string of the molecule is C/C=C(C)\C(C)=C(\C)N(N)CC. The molecule has 0 atom stereocenters. The van der Waals surface area contributed by atoms with Crippen molar-refractivity contribution in [3.63, 3.8) is 0 Å². The van der Waals surface area contributed by atoms with Crippen molar-refractivity contribution < 1.29 is 0 Å². The minimum atomic E-state index is 0.847. The minimum Gasteiger partial charge on any atom is -0.315 e. The molecule has 0 spiro atoms. The Balaban J connectivity index is 4.68. The maximum absolute atomic E-state index is 5.76. The number of rotatable bonds is 3. The van der Waals surface area contributed by atoms with Crippen molar-refractivity contribution in [3.8, 4) is 0 Å². The third-order valence-electron chi connectivity index (χ3n) is 2.34. The van der Waals surface area contributed by atoms with Gasteiger partial charge in [0.15, 0.2) is 0 Å². The zero-order chi connectivity index (χ0) is 9.72. The fourth-order valence-electron chi connectivity index (χ4n) is 0.954. The average molecular weight is 168 g/mol. The fourth-order valence-corrected chi connectivity index (χ4v) is 0.954. The first-order chi connectivity index (χ1) is 5.54. The van der Waals surface area contributed by atoms with Gasteiger partial charge in [0, 0.05) is 12.2 Å². The molecule has 0 aromatic rings. The molecule has 0 radical (unpaired) electrons. The number of allylic oxidation sites excluding steroid dienone is 4. The van der Waals surface area contributed by atoms with Gasteiger partial charge in [-0.1, -0.05) is 11.6 Å². The van der Waals surface area contributed by atoms with Gasteiger partial charge in [0.2, 0.25) is 0 Å². The predicted octanol–water partition coefficient (Wildman–Crippen LogP) is 2.44. The highest BCUT2D eigenvalue weighted by Crippen LogP contribution is 2.14. The van der Waals surface area contributed by atoms with Crippen LogP contribution in [0.5, 0.6) is 0 Å². The highest BCUT2D eigenvalue weighted by Gasteiger charge is 2.02. The van der Waals surface area contributed by atoms with Gasteiger partial charge in [-0.2, -0.15) is 0 Å². The Kier molecular flexibility index (Phi) is 4.67. The summed E-state index contributed by atoms with van der Waals surface area (Å²) in [6.45, 7) is 11.2. The Bertz CT molecular complexity index is 202. The van der Waals surface area contributed by atoms with Crippen molar-refractivity contribution in [1.29, 1.82) is 0 Å². The molecule has 2 N–H and O–H groups in total. The second-order valence-corrected chi connectivity index (χ2v) is 2.97. The van der Waals surface area contributed by atoms with Crippen LogP contribution in [0, 0.1) is 0 Å². The van der Waals surface area contributed by atoms with Gasteiger partial charge in [0.25, 0.3) is 0 Å². The molecule has 0 aliphatic heterocycles. The summed E-state index contributed by atoms with van der Waals surface area (Å²) in [5.74, 6) is 5.76. The Labute approximate surface area is 75.7 Å². The van der Waals surface area contributed by atoms with Crippen LogP contribution in [0.3, 0.4) is 0 Å². The van der Waals surface area contributed by atoms with Crippen LogP contribution in [0.4, 0.5) is 0 Å². The number of nitrogens with two attached hydrogens (primary N) is 1. The first-order valence-corrected chi connectivity index (χ1v) is 4.37. The first kappa shape index (κ1) is 11.2. The molecule has 0 saturated heterocycles. The van der Waals surface area contributed by atoms with Gasteiger partial charge in [-0.15, -0.1) is 0 Å². The third kappa shape index (κ3) is 2.70. The molecule has 0 fully saturated rings. The average Bonchev–Trinajstić information content (AvgIpc) is 2.12. The molecule has 0 saturated carbocycles. The van der Waals surface area contributed by atoms with Gasteiger partial charge in [-0.05, 0) is 40.2 Å². The van der Waals surface area contributed by atoms with Gasteiger partial charge in [0.1, 0.15) is 0 Å². The summed E-state index contributed by atoms with van der Waals surface area (Å²) in [4.78, 5) is 0. The third-order valence-corrected chi connectivity index (χ3v) is 2.34. The molecule has 0 bridgehead atoms. The Morgan fingerprint density at radius 1 is 1.33 bits per heavy atom. The minimum absolute atomic E-state index is 0.847. The molecule has 70 valence electrons. The molecule has 12 heavy (non-hydrogen) atoms. The quantitative estimate of drug-likeness (QED) is 0.398. The number of nitrogens with zero attached hydrogens (tertiary/aromatic N) is 1.